The molecule has 4 nitrogen and oxygen atoms in total. The topological polar surface area (TPSA) is 47.1 Å². The first kappa shape index (κ1) is 19.5. The predicted molar refractivity (Wildman–Crippen MR) is 108 cm³/mol. The Kier molecular flexibility index (Phi) is 5.94. The summed E-state index contributed by atoms with van der Waals surface area (Å²) in [5.74, 6) is -0.886. The average molecular weight is 388 g/mol. The van der Waals surface area contributed by atoms with E-state index in [4.69, 9.17) is 5.73 Å². The zero-order valence-corrected chi connectivity index (χ0v) is 16.4. The Labute approximate surface area is 161 Å². The standard InChI is InChI=1S/C20H22F2N4S/c1-13-19(14-5-4-6-16(11-14)27-25(2)3)20-17(7-8-18(22)24-20)26(13)12-15(21)9-10-23/h4-9,11H,10,12,23H2,1-3H3/b15-9-. The van der Waals surface area contributed by atoms with E-state index in [2.05, 4.69) is 4.98 Å². The van der Waals surface area contributed by atoms with Gasteiger partial charge in [-0.05, 0) is 68.9 Å². The number of allylic oxidation sites excluding steroid dienone is 1. The molecule has 142 valence electrons. The number of fused-ring (bicyclic) bond motifs is 1. The maximum Gasteiger partial charge on any atom is 0.213 e. The fraction of sp³-hybridized carbons (Fsp3) is 0.250. The molecule has 0 spiro atoms. The van der Waals surface area contributed by atoms with E-state index in [0.29, 0.717) is 11.0 Å². The second-order valence-corrected chi connectivity index (χ2v) is 7.75. The van der Waals surface area contributed by atoms with Crippen LogP contribution in [0.5, 0.6) is 0 Å². The number of pyridine rings is 1. The molecule has 0 aliphatic carbocycles. The summed E-state index contributed by atoms with van der Waals surface area (Å²) in [4.78, 5) is 5.16. The number of hydrogen-bond acceptors (Lipinski definition) is 4. The van der Waals surface area contributed by atoms with E-state index in [-0.39, 0.29) is 18.9 Å². The minimum atomic E-state index is -0.558. The molecule has 2 aromatic heterocycles. The summed E-state index contributed by atoms with van der Waals surface area (Å²) in [5, 5.41) is 0. The Morgan fingerprint density at radius 1 is 1.30 bits per heavy atom. The molecule has 0 saturated carbocycles. The molecule has 0 bridgehead atoms. The van der Waals surface area contributed by atoms with Crippen LogP contribution in [-0.4, -0.2) is 34.5 Å². The van der Waals surface area contributed by atoms with E-state index in [1.54, 1.807) is 18.0 Å². The van der Waals surface area contributed by atoms with Crippen LogP contribution in [0.1, 0.15) is 5.69 Å². The summed E-state index contributed by atoms with van der Waals surface area (Å²) in [5.41, 5.74) is 9.19. The molecule has 27 heavy (non-hydrogen) atoms. The molecule has 3 rings (SSSR count). The molecule has 0 saturated heterocycles. The molecule has 0 radical (unpaired) electrons. The third kappa shape index (κ3) is 4.21. The lowest BCUT2D eigenvalue weighted by molar-refractivity contribution is 0.555. The van der Waals surface area contributed by atoms with Gasteiger partial charge in [0.15, 0.2) is 0 Å². The van der Waals surface area contributed by atoms with Gasteiger partial charge in [-0.1, -0.05) is 12.1 Å². The van der Waals surface area contributed by atoms with E-state index < -0.39 is 5.95 Å². The lowest BCUT2D eigenvalue weighted by Crippen LogP contribution is -2.03. The molecule has 1 aromatic carbocycles. The predicted octanol–water partition coefficient (Wildman–Crippen LogP) is 4.53. The summed E-state index contributed by atoms with van der Waals surface area (Å²) in [6.45, 7) is 2.07. The molecule has 3 aromatic rings. The van der Waals surface area contributed by atoms with Crippen molar-refractivity contribution in [2.75, 3.05) is 20.6 Å². The third-order valence-corrected chi connectivity index (χ3v) is 5.02. The fourth-order valence-electron chi connectivity index (χ4n) is 3.13. The second-order valence-electron chi connectivity index (χ2n) is 6.37. The van der Waals surface area contributed by atoms with Crippen molar-refractivity contribution < 1.29 is 8.78 Å². The van der Waals surface area contributed by atoms with E-state index in [9.17, 15) is 8.78 Å². The Bertz CT molecular complexity index is 995. The van der Waals surface area contributed by atoms with E-state index >= 15 is 0 Å². The number of aromatic nitrogens is 2. The highest BCUT2D eigenvalue weighted by Crippen LogP contribution is 2.36. The molecule has 0 amide bonds. The minimum Gasteiger partial charge on any atom is -0.336 e. The van der Waals surface area contributed by atoms with E-state index in [1.165, 1.54) is 12.1 Å². The van der Waals surface area contributed by atoms with Gasteiger partial charge < -0.3 is 10.3 Å². The van der Waals surface area contributed by atoms with Gasteiger partial charge in [0.2, 0.25) is 5.95 Å². The maximum absolute atomic E-state index is 14.2. The molecule has 7 heteroatoms. The van der Waals surface area contributed by atoms with Crippen LogP contribution in [0.3, 0.4) is 0 Å². The quantitative estimate of drug-likeness (QED) is 0.498. The zero-order chi connectivity index (χ0) is 19.6. The number of halogens is 2. The SMILES string of the molecule is Cc1c(-c2cccc(SN(C)C)c2)c2nc(F)ccc2n1C/C(F)=C/CN. The van der Waals surface area contributed by atoms with Crippen molar-refractivity contribution in [2.45, 2.75) is 18.4 Å². The van der Waals surface area contributed by atoms with Crippen LogP contribution < -0.4 is 5.73 Å². The molecular formula is C20H22F2N4S. The van der Waals surface area contributed by atoms with Crippen molar-refractivity contribution in [3.05, 3.63) is 59.9 Å². The van der Waals surface area contributed by atoms with Gasteiger partial charge in [-0.15, -0.1) is 0 Å². The van der Waals surface area contributed by atoms with Crippen LogP contribution in [0, 0.1) is 12.9 Å². The highest BCUT2D eigenvalue weighted by atomic mass is 32.2. The van der Waals surface area contributed by atoms with Crippen LogP contribution in [0.2, 0.25) is 0 Å². The van der Waals surface area contributed by atoms with Crippen LogP contribution in [0.25, 0.3) is 22.2 Å². The highest BCUT2D eigenvalue weighted by Gasteiger charge is 2.19. The number of hydrogen-bond donors (Lipinski definition) is 1. The first-order valence-corrected chi connectivity index (χ1v) is 9.33. The van der Waals surface area contributed by atoms with Crippen LogP contribution in [0.15, 0.2) is 53.2 Å². The lowest BCUT2D eigenvalue weighted by atomic mass is 10.1. The Hall–Kier alpha value is -2.22. The third-order valence-electron chi connectivity index (χ3n) is 4.19. The van der Waals surface area contributed by atoms with Gasteiger partial charge in [-0.2, -0.15) is 4.39 Å². The van der Waals surface area contributed by atoms with E-state index in [1.807, 2.05) is 54.2 Å². The van der Waals surface area contributed by atoms with Crippen molar-refractivity contribution >= 4 is 23.0 Å². The first-order chi connectivity index (χ1) is 12.9. The smallest absolute Gasteiger partial charge is 0.213 e. The summed E-state index contributed by atoms with van der Waals surface area (Å²) in [7, 11) is 3.94. The summed E-state index contributed by atoms with van der Waals surface area (Å²) in [6.07, 6.45) is 1.34. The highest BCUT2D eigenvalue weighted by molar-refractivity contribution is 7.97. The largest absolute Gasteiger partial charge is 0.336 e. The van der Waals surface area contributed by atoms with Crippen LogP contribution in [0.4, 0.5) is 8.78 Å². The molecule has 0 aliphatic heterocycles. The average Bonchev–Trinajstić information content (AvgIpc) is 2.86. The van der Waals surface area contributed by atoms with Crippen molar-refractivity contribution in [3.63, 3.8) is 0 Å². The fourth-order valence-corrected chi connectivity index (χ4v) is 3.87. The van der Waals surface area contributed by atoms with Gasteiger partial charge in [0.25, 0.3) is 0 Å². The summed E-state index contributed by atoms with van der Waals surface area (Å²) < 4.78 is 31.8. The molecule has 2 N–H and O–H groups in total. The normalized spacial score (nSPS) is 12.3. The van der Waals surface area contributed by atoms with Gasteiger partial charge in [0, 0.05) is 22.7 Å². The van der Waals surface area contributed by atoms with Crippen molar-refractivity contribution in [2.24, 2.45) is 5.73 Å². The van der Waals surface area contributed by atoms with Gasteiger partial charge in [0.05, 0.1) is 17.6 Å². The summed E-state index contributed by atoms with van der Waals surface area (Å²) in [6, 6.07) is 10.9. The molecular weight excluding hydrogens is 366 g/mol. The maximum atomic E-state index is 14.2. The van der Waals surface area contributed by atoms with Crippen LogP contribution in [-0.2, 0) is 6.54 Å². The Morgan fingerprint density at radius 2 is 2.07 bits per heavy atom. The monoisotopic (exact) mass is 388 g/mol. The Balaban J connectivity index is 2.19. The number of nitrogens with zero attached hydrogens (tertiary/aromatic N) is 3. The van der Waals surface area contributed by atoms with Gasteiger partial charge in [-0.25, -0.2) is 9.37 Å². The van der Waals surface area contributed by atoms with Gasteiger partial charge in [-0.3, -0.25) is 4.31 Å². The van der Waals surface area contributed by atoms with Gasteiger partial charge >= 0.3 is 0 Å². The van der Waals surface area contributed by atoms with Crippen molar-refractivity contribution in [3.8, 4) is 11.1 Å². The minimum absolute atomic E-state index is 0.0407. The zero-order valence-electron chi connectivity index (χ0n) is 15.5. The van der Waals surface area contributed by atoms with E-state index in [0.717, 1.165) is 21.7 Å². The Morgan fingerprint density at radius 3 is 2.78 bits per heavy atom. The number of rotatable bonds is 6. The van der Waals surface area contributed by atoms with Crippen LogP contribution >= 0.6 is 11.9 Å². The lowest BCUT2D eigenvalue weighted by Gasteiger charge is -2.10. The number of benzene rings is 1. The van der Waals surface area contributed by atoms with Gasteiger partial charge in [0.1, 0.15) is 5.83 Å². The summed E-state index contributed by atoms with van der Waals surface area (Å²) >= 11 is 1.59. The molecule has 0 fully saturated rings. The molecule has 0 unspecified atom stereocenters. The molecule has 2 heterocycles. The molecule has 0 aliphatic rings. The number of nitrogens with two attached hydrogens (primary N) is 1. The van der Waals surface area contributed by atoms with Crippen molar-refractivity contribution in [1.29, 1.82) is 0 Å². The molecule has 0 atom stereocenters. The van der Waals surface area contributed by atoms with Crippen molar-refractivity contribution in [1.82, 2.24) is 13.9 Å². The second kappa shape index (κ2) is 8.21. The first-order valence-electron chi connectivity index (χ1n) is 8.56.